The quantitative estimate of drug-likeness (QED) is 0.748. The van der Waals surface area contributed by atoms with Crippen LogP contribution in [0.3, 0.4) is 0 Å². The number of methoxy groups -OCH3 is 1. The standard InChI is InChI=1S/C10H8BrNO4/c1-12-7-3-5(9(13)15-2)6(11)4-8(7)16-10(12)14/h3-4H,1-2H3. The highest BCUT2D eigenvalue weighted by Gasteiger charge is 2.15. The Bertz CT molecular complexity index is 626. The van der Waals surface area contributed by atoms with E-state index in [4.69, 9.17) is 4.42 Å². The number of esters is 1. The minimum Gasteiger partial charge on any atom is -0.465 e. The summed E-state index contributed by atoms with van der Waals surface area (Å²) in [6.45, 7) is 0. The molecule has 16 heavy (non-hydrogen) atoms. The van der Waals surface area contributed by atoms with Crippen LogP contribution in [-0.4, -0.2) is 17.6 Å². The number of aryl methyl sites for hydroxylation is 1. The van der Waals surface area contributed by atoms with Crippen LogP contribution in [0, 0.1) is 0 Å². The van der Waals surface area contributed by atoms with Gasteiger partial charge in [-0.05, 0) is 28.1 Å². The van der Waals surface area contributed by atoms with E-state index in [0.717, 1.165) is 0 Å². The number of carbonyl (C=O) groups excluding carboxylic acids is 1. The second-order valence-corrected chi connectivity index (χ2v) is 4.07. The molecule has 0 atom stereocenters. The topological polar surface area (TPSA) is 61.4 Å². The molecule has 0 aliphatic heterocycles. The van der Waals surface area contributed by atoms with Crippen LogP contribution in [0.1, 0.15) is 10.4 Å². The van der Waals surface area contributed by atoms with Crippen molar-refractivity contribution in [1.29, 1.82) is 0 Å². The average Bonchev–Trinajstić information content (AvgIpc) is 2.52. The van der Waals surface area contributed by atoms with Crippen LogP contribution in [0.15, 0.2) is 25.8 Å². The van der Waals surface area contributed by atoms with E-state index in [2.05, 4.69) is 20.7 Å². The monoisotopic (exact) mass is 285 g/mol. The molecule has 1 heterocycles. The van der Waals surface area contributed by atoms with Crippen molar-refractivity contribution in [2.45, 2.75) is 0 Å². The fraction of sp³-hybridized carbons (Fsp3) is 0.200. The molecule has 0 saturated heterocycles. The first-order valence-electron chi connectivity index (χ1n) is 4.42. The lowest BCUT2D eigenvalue weighted by Gasteiger charge is -2.02. The van der Waals surface area contributed by atoms with Crippen LogP contribution in [-0.2, 0) is 11.8 Å². The molecular weight excluding hydrogens is 278 g/mol. The molecule has 2 aromatic rings. The highest BCUT2D eigenvalue weighted by Crippen LogP contribution is 2.24. The largest absolute Gasteiger partial charge is 0.465 e. The second-order valence-electron chi connectivity index (χ2n) is 3.22. The van der Waals surface area contributed by atoms with E-state index in [1.807, 2.05) is 0 Å². The summed E-state index contributed by atoms with van der Waals surface area (Å²) in [4.78, 5) is 22.7. The molecule has 0 N–H and O–H groups in total. The predicted octanol–water partition coefficient (Wildman–Crippen LogP) is 1.68. The normalized spacial score (nSPS) is 10.7. The Balaban J connectivity index is 2.78. The zero-order valence-electron chi connectivity index (χ0n) is 8.61. The van der Waals surface area contributed by atoms with E-state index in [0.29, 0.717) is 21.1 Å². The minimum absolute atomic E-state index is 0.353. The summed E-state index contributed by atoms with van der Waals surface area (Å²) in [5.74, 6) is -0.939. The second kappa shape index (κ2) is 3.79. The molecule has 0 saturated carbocycles. The van der Waals surface area contributed by atoms with Gasteiger partial charge in [0.2, 0.25) is 0 Å². The summed E-state index contributed by atoms with van der Waals surface area (Å²) in [6.07, 6.45) is 0. The van der Waals surface area contributed by atoms with Crippen LogP contribution in [0.25, 0.3) is 11.1 Å². The van der Waals surface area contributed by atoms with Crippen molar-refractivity contribution in [2.24, 2.45) is 7.05 Å². The SMILES string of the molecule is COC(=O)c1cc2c(cc1Br)oc(=O)n2C. The molecule has 84 valence electrons. The molecular formula is C10H8BrNO4. The lowest BCUT2D eigenvalue weighted by atomic mass is 10.2. The number of hydrogen-bond acceptors (Lipinski definition) is 4. The summed E-state index contributed by atoms with van der Waals surface area (Å²) >= 11 is 3.22. The zero-order chi connectivity index (χ0) is 11.9. The van der Waals surface area contributed by atoms with Gasteiger partial charge in [0.15, 0.2) is 5.58 Å². The van der Waals surface area contributed by atoms with E-state index < -0.39 is 11.7 Å². The van der Waals surface area contributed by atoms with Crippen molar-refractivity contribution in [3.8, 4) is 0 Å². The highest BCUT2D eigenvalue weighted by atomic mass is 79.9. The first-order valence-corrected chi connectivity index (χ1v) is 5.21. The molecule has 0 fully saturated rings. The highest BCUT2D eigenvalue weighted by molar-refractivity contribution is 9.10. The van der Waals surface area contributed by atoms with Gasteiger partial charge in [0.1, 0.15) is 0 Å². The predicted molar refractivity (Wildman–Crippen MR) is 60.5 cm³/mol. The molecule has 0 unspecified atom stereocenters. The molecule has 2 rings (SSSR count). The Labute approximate surface area is 98.7 Å². The maximum absolute atomic E-state index is 11.4. The number of ether oxygens (including phenoxy) is 1. The molecule has 0 amide bonds. The number of hydrogen-bond donors (Lipinski definition) is 0. The first kappa shape index (κ1) is 10.9. The Morgan fingerprint density at radius 1 is 1.50 bits per heavy atom. The third-order valence-electron chi connectivity index (χ3n) is 2.29. The lowest BCUT2D eigenvalue weighted by molar-refractivity contribution is 0.0600. The lowest BCUT2D eigenvalue weighted by Crippen LogP contribution is -2.09. The van der Waals surface area contributed by atoms with Gasteiger partial charge < -0.3 is 9.15 Å². The van der Waals surface area contributed by atoms with E-state index in [1.165, 1.54) is 11.7 Å². The molecule has 1 aromatic heterocycles. The van der Waals surface area contributed by atoms with Crippen LogP contribution < -0.4 is 5.76 Å². The van der Waals surface area contributed by atoms with Gasteiger partial charge in [-0.1, -0.05) is 0 Å². The summed E-state index contributed by atoms with van der Waals surface area (Å²) in [5, 5.41) is 0. The molecule has 1 aromatic carbocycles. The summed E-state index contributed by atoms with van der Waals surface area (Å²) in [7, 11) is 2.87. The van der Waals surface area contributed by atoms with Gasteiger partial charge in [-0.25, -0.2) is 9.59 Å². The number of oxazole rings is 1. The van der Waals surface area contributed by atoms with E-state index >= 15 is 0 Å². The van der Waals surface area contributed by atoms with Crippen LogP contribution in [0.4, 0.5) is 0 Å². The molecule has 6 heteroatoms. The van der Waals surface area contributed by atoms with Gasteiger partial charge in [0, 0.05) is 11.5 Å². The van der Waals surface area contributed by atoms with Crippen LogP contribution >= 0.6 is 15.9 Å². The van der Waals surface area contributed by atoms with Gasteiger partial charge in [0.25, 0.3) is 0 Å². The molecule has 0 aliphatic rings. The van der Waals surface area contributed by atoms with Gasteiger partial charge in [-0.15, -0.1) is 0 Å². The summed E-state index contributed by atoms with van der Waals surface area (Å²) in [5.41, 5.74) is 1.33. The fourth-order valence-corrected chi connectivity index (χ4v) is 1.90. The number of nitrogens with zero attached hydrogens (tertiary/aromatic N) is 1. The average molecular weight is 286 g/mol. The Kier molecular flexibility index (Phi) is 2.59. The molecule has 0 radical (unpaired) electrons. The minimum atomic E-state index is -0.470. The van der Waals surface area contributed by atoms with E-state index in [9.17, 15) is 9.59 Å². The van der Waals surface area contributed by atoms with Crippen molar-refractivity contribution in [1.82, 2.24) is 4.57 Å². The van der Waals surface area contributed by atoms with Gasteiger partial charge in [-0.3, -0.25) is 4.57 Å². The van der Waals surface area contributed by atoms with Crippen molar-refractivity contribution in [2.75, 3.05) is 7.11 Å². The first-order chi connectivity index (χ1) is 7.54. The number of rotatable bonds is 1. The Morgan fingerprint density at radius 3 is 2.81 bits per heavy atom. The van der Waals surface area contributed by atoms with Crippen molar-refractivity contribution in [3.05, 3.63) is 32.7 Å². The Hall–Kier alpha value is -1.56. The maximum Gasteiger partial charge on any atom is 0.419 e. The van der Waals surface area contributed by atoms with Gasteiger partial charge in [-0.2, -0.15) is 0 Å². The molecule has 0 aliphatic carbocycles. The number of halogens is 1. The van der Waals surface area contributed by atoms with Crippen molar-refractivity contribution >= 4 is 33.0 Å². The summed E-state index contributed by atoms with van der Waals surface area (Å²) in [6, 6.07) is 3.12. The third kappa shape index (κ3) is 1.55. The maximum atomic E-state index is 11.4. The van der Waals surface area contributed by atoms with Crippen LogP contribution in [0.2, 0.25) is 0 Å². The fourth-order valence-electron chi connectivity index (χ4n) is 1.41. The van der Waals surface area contributed by atoms with Crippen LogP contribution in [0.5, 0.6) is 0 Å². The summed E-state index contributed by atoms with van der Waals surface area (Å²) < 4.78 is 11.5. The van der Waals surface area contributed by atoms with E-state index in [-0.39, 0.29) is 0 Å². The molecule has 0 bridgehead atoms. The van der Waals surface area contributed by atoms with E-state index in [1.54, 1.807) is 19.2 Å². The zero-order valence-corrected chi connectivity index (χ0v) is 10.2. The van der Waals surface area contributed by atoms with Crippen molar-refractivity contribution in [3.63, 3.8) is 0 Å². The van der Waals surface area contributed by atoms with Crippen molar-refractivity contribution < 1.29 is 13.9 Å². The number of fused-ring (bicyclic) bond motifs is 1. The van der Waals surface area contributed by atoms with Gasteiger partial charge in [0.05, 0.1) is 18.2 Å². The number of aromatic nitrogens is 1. The number of benzene rings is 1. The smallest absolute Gasteiger partial charge is 0.419 e. The van der Waals surface area contributed by atoms with Gasteiger partial charge >= 0.3 is 11.7 Å². The molecule has 5 nitrogen and oxygen atoms in total. The third-order valence-corrected chi connectivity index (χ3v) is 2.94. The Morgan fingerprint density at radius 2 is 2.19 bits per heavy atom. The number of carbonyl (C=O) groups is 1. The molecule has 0 spiro atoms.